The number of anilines is 2. The summed E-state index contributed by atoms with van der Waals surface area (Å²) < 4.78 is 5.88. The van der Waals surface area contributed by atoms with E-state index in [4.69, 9.17) is 21.4 Å². The van der Waals surface area contributed by atoms with Crippen molar-refractivity contribution in [3.05, 3.63) is 52.4 Å². The molecule has 0 bridgehead atoms. The van der Waals surface area contributed by atoms with E-state index in [0.29, 0.717) is 33.2 Å². The number of nitrogens with zero attached hydrogens (tertiary/aromatic N) is 3. The molecule has 3 N–H and O–H groups in total. The Morgan fingerprint density at radius 2 is 2.20 bits per heavy atom. The maximum Gasteiger partial charge on any atom is 0.188 e. The van der Waals surface area contributed by atoms with E-state index < -0.39 is 12.7 Å². The van der Waals surface area contributed by atoms with Crippen molar-refractivity contribution in [1.29, 1.82) is 0 Å². The number of ether oxygens (including phenoxy) is 1. The molecule has 9 heteroatoms. The van der Waals surface area contributed by atoms with Crippen LogP contribution in [-0.2, 0) is 0 Å². The van der Waals surface area contributed by atoms with Crippen LogP contribution in [0, 0.1) is 6.92 Å². The number of pyridine rings is 2. The standard InChI is InChI=1S/C16H15ClN4O3S/c1-9-13(3-2-4-18-9)24-14-5-10(17)6-19-15(14)21-16-20-11(8-25-16)12(23)7-22/h2-6,8,12,22-23H,7H2,1H3,(H,19,20,21). The van der Waals surface area contributed by atoms with Crippen molar-refractivity contribution >= 4 is 33.9 Å². The minimum absolute atomic E-state index is 0.384. The SMILES string of the molecule is Cc1ncccc1Oc1cc(Cl)cnc1Nc1nc(C(O)CO)cs1. The Hall–Kier alpha value is -2.26. The van der Waals surface area contributed by atoms with E-state index >= 15 is 0 Å². The highest BCUT2D eigenvalue weighted by Crippen LogP contribution is 2.34. The second-order valence-electron chi connectivity index (χ2n) is 5.09. The lowest BCUT2D eigenvalue weighted by Crippen LogP contribution is -2.03. The second-order valence-corrected chi connectivity index (χ2v) is 6.38. The van der Waals surface area contributed by atoms with Crippen LogP contribution < -0.4 is 10.1 Å². The predicted molar refractivity (Wildman–Crippen MR) is 95.7 cm³/mol. The molecule has 3 aromatic heterocycles. The number of aliphatic hydroxyl groups excluding tert-OH is 2. The van der Waals surface area contributed by atoms with E-state index in [1.54, 1.807) is 29.8 Å². The molecule has 130 valence electrons. The molecular formula is C16H15ClN4O3S. The van der Waals surface area contributed by atoms with E-state index in [1.165, 1.54) is 17.5 Å². The van der Waals surface area contributed by atoms with Crippen LogP contribution >= 0.6 is 22.9 Å². The van der Waals surface area contributed by atoms with Crippen LogP contribution in [0.2, 0.25) is 5.02 Å². The summed E-state index contributed by atoms with van der Waals surface area (Å²) in [6.45, 7) is 1.45. The van der Waals surface area contributed by atoms with Gasteiger partial charge in [-0.05, 0) is 19.1 Å². The van der Waals surface area contributed by atoms with Crippen LogP contribution in [0.1, 0.15) is 17.5 Å². The van der Waals surface area contributed by atoms with Gasteiger partial charge in [0.25, 0.3) is 0 Å². The Morgan fingerprint density at radius 3 is 2.96 bits per heavy atom. The minimum Gasteiger partial charge on any atom is -0.452 e. The number of aliphatic hydroxyl groups is 2. The Bertz CT molecular complexity index is 874. The summed E-state index contributed by atoms with van der Waals surface area (Å²) in [6, 6.07) is 5.21. The lowest BCUT2D eigenvalue weighted by Gasteiger charge is -2.12. The molecule has 0 aromatic carbocycles. The molecule has 7 nitrogen and oxygen atoms in total. The smallest absolute Gasteiger partial charge is 0.188 e. The molecule has 0 aliphatic carbocycles. The van der Waals surface area contributed by atoms with Crippen molar-refractivity contribution in [1.82, 2.24) is 15.0 Å². The van der Waals surface area contributed by atoms with Crippen molar-refractivity contribution in [2.24, 2.45) is 0 Å². The zero-order valence-corrected chi connectivity index (χ0v) is 14.8. The predicted octanol–water partition coefficient (Wildman–Crippen LogP) is 3.46. The average molecular weight is 379 g/mol. The molecule has 0 saturated heterocycles. The minimum atomic E-state index is -1.02. The van der Waals surface area contributed by atoms with Gasteiger partial charge in [-0.2, -0.15) is 0 Å². The number of aromatic nitrogens is 3. The molecule has 3 heterocycles. The highest BCUT2D eigenvalue weighted by molar-refractivity contribution is 7.13. The highest BCUT2D eigenvalue weighted by atomic mass is 35.5. The van der Waals surface area contributed by atoms with Gasteiger partial charge in [-0.1, -0.05) is 11.6 Å². The average Bonchev–Trinajstić information content (AvgIpc) is 3.07. The molecular weight excluding hydrogens is 364 g/mol. The molecule has 0 spiro atoms. The van der Waals surface area contributed by atoms with E-state index in [1.807, 2.05) is 6.92 Å². The molecule has 0 amide bonds. The molecule has 3 aromatic rings. The maximum absolute atomic E-state index is 9.63. The summed E-state index contributed by atoms with van der Waals surface area (Å²) >= 11 is 7.31. The quantitative estimate of drug-likeness (QED) is 0.603. The fraction of sp³-hybridized carbons (Fsp3) is 0.188. The van der Waals surface area contributed by atoms with Crippen molar-refractivity contribution in [2.45, 2.75) is 13.0 Å². The first-order valence-electron chi connectivity index (χ1n) is 7.33. The molecule has 1 unspecified atom stereocenters. The summed E-state index contributed by atoms with van der Waals surface area (Å²) in [5.74, 6) is 1.43. The first kappa shape index (κ1) is 17.6. The van der Waals surface area contributed by atoms with Gasteiger partial charge in [-0.3, -0.25) is 4.98 Å². The number of aryl methyl sites for hydroxylation is 1. The van der Waals surface area contributed by atoms with Gasteiger partial charge in [0.15, 0.2) is 16.7 Å². The van der Waals surface area contributed by atoms with E-state index in [-0.39, 0.29) is 0 Å². The van der Waals surface area contributed by atoms with Gasteiger partial charge < -0.3 is 20.3 Å². The number of hydrogen-bond donors (Lipinski definition) is 3. The van der Waals surface area contributed by atoms with Crippen molar-refractivity contribution < 1.29 is 14.9 Å². The lowest BCUT2D eigenvalue weighted by molar-refractivity contribution is 0.0928. The summed E-state index contributed by atoms with van der Waals surface area (Å²) in [7, 11) is 0. The summed E-state index contributed by atoms with van der Waals surface area (Å²) in [6.07, 6.45) is 2.16. The molecule has 0 radical (unpaired) electrons. The van der Waals surface area contributed by atoms with Crippen molar-refractivity contribution in [3.8, 4) is 11.5 Å². The lowest BCUT2D eigenvalue weighted by atomic mass is 10.3. The van der Waals surface area contributed by atoms with Crippen molar-refractivity contribution in [2.75, 3.05) is 11.9 Å². The van der Waals surface area contributed by atoms with E-state index in [0.717, 1.165) is 5.69 Å². The largest absolute Gasteiger partial charge is 0.452 e. The third-order valence-electron chi connectivity index (χ3n) is 3.26. The third kappa shape index (κ3) is 4.23. The zero-order valence-electron chi connectivity index (χ0n) is 13.2. The Kier molecular flexibility index (Phi) is 5.44. The first-order chi connectivity index (χ1) is 12.1. The maximum atomic E-state index is 9.63. The number of hydrogen-bond acceptors (Lipinski definition) is 8. The van der Waals surface area contributed by atoms with Crippen LogP contribution in [0.5, 0.6) is 11.5 Å². The van der Waals surface area contributed by atoms with Gasteiger partial charge in [-0.15, -0.1) is 11.3 Å². The van der Waals surface area contributed by atoms with Gasteiger partial charge in [0.1, 0.15) is 11.9 Å². The fourth-order valence-electron chi connectivity index (χ4n) is 1.98. The molecule has 0 aliphatic heterocycles. The van der Waals surface area contributed by atoms with Crippen LogP contribution in [0.25, 0.3) is 0 Å². The van der Waals surface area contributed by atoms with Gasteiger partial charge in [-0.25, -0.2) is 9.97 Å². The summed E-state index contributed by atoms with van der Waals surface area (Å²) in [4.78, 5) is 12.6. The monoisotopic (exact) mass is 378 g/mol. The topological polar surface area (TPSA) is 100 Å². The summed E-state index contributed by atoms with van der Waals surface area (Å²) in [5, 5.41) is 24.2. The number of rotatable bonds is 6. The van der Waals surface area contributed by atoms with Gasteiger partial charge >= 0.3 is 0 Å². The molecule has 25 heavy (non-hydrogen) atoms. The number of halogens is 1. The normalized spacial score (nSPS) is 12.0. The van der Waals surface area contributed by atoms with Gasteiger partial charge in [0, 0.05) is 23.8 Å². The fourth-order valence-corrected chi connectivity index (χ4v) is 2.88. The number of nitrogens with one attached hydrogen (secondary N) is 1. The van der Waals surface area contributed by atoms with Crippen LogP contribution in [0.3, 0.4) is 0 Å². The second kappa shape index (κ2) is 7.75. The Labute approximate surface area is 152 Å². The van der Waals surface area contributed by atoms with E-state index in [9.17, 15) is 5.11 Å². The molecule has 0 saturated carbocycles. The number of thiazole rings is 1. The third-order valence-corrected chi connectivity index (χ3v) is 4.24. The van der Waals surface area contributed by atoms with Gasteiger partial charge in [0.05, 0.1) is 23.0 Å². The van der Waals surface area contributed by atoms with Gasteiger partial charge in [0.2, 0.25) is 0 Å². The summed E-state index contributed by atoms with van der Waals surface area (Å²) in [5.41, 5.74) is 1.12. The first-order valence-corrected chi connectivity index (χ1v) is 8.59. The zero-order chi connectivity index (χ0) is 17.8. The van der Waals surface area contributed by atoms with Crippen LogP contribution in [0.4, 0.5) is 10.9 Å². The van der Waals surface area contributed by atoms with Crippen LogP contribution in [0.15, 0.2) is 36.0 Å². The molecule has 0 aliphatic rings. The highest BCUT2D eigenvalue weighted by Gasteiger charge is 2.14. The van der Waals surface area contributed by atoms with Crippen LogP contribution in [-0.4, -0.2) is 31.8 Å². The molecule has 0 fully saturated rings. The Balaban J connectivity index is 1.86. The molecule has 3 rings (SSSR count). The van der Waals surface area contributed by atoms with E-state index in [2.05, 4.69) is 20.3 Å². The molecule has 1 atom stereocenters. The van der Waals surface area contributed by atoms with Crippen molar-refractivity contribution in [3.63, 3.8) is 0 Å². The Morgan fingerprint density at radius 1 is 1.36 bits per heavy atom.